The number of thiophene rings is 1. The molecule has 1 aromatic heterocycles. The Labute approximate surface area is 168 Å². The SMILES string of the molecule is CN=C(NCc1ccc([N+](=O)[O-])cc1)NCC(c1cccs1)N1CCOCC1. The summed E-state index contributed by atoms with van der Waals surface area (Å²) >= 11 is 1.76. The van der Waals surface area contributed by atoms with Gasteiger partial charge >= 0.3 is 0 Å². The molecule has 0 radical (unpaired) electrons. The number of nitro groups is 1. The number of hydrogen-bond donors (Lipinski definition) is 2. The summed E-state index contributed by atoms with van der Waals surface area (Å²) in [7, 11) is 1.74. The van der Waals surface area contributed by atoms with E-state index < -0.39 is 4.92 Å². The van der Waals surface area contributed by atoms with Crippen LogP contribution in [0.15, 0.2) is 46.8 Å². The average Bonchev–Trinajstić information content (AvgIpc) is 3.26. The first-order chi connectivity index (χ1) is 13.7. The number of guanidine groups is 1. The number of hydrogen-bond acceptors (Lipinski definition) is 6. The molecule has 3 rings (SSSR count). The smallest absolute Gasteiger partial charge is 0.269 e. The Bertz CT molecular complexity index is 773. The van der Waals surface area contributed by atoms with Crippen molar-refractivity contribution < 1.29 is 9.66 Å². The zero-order valence-corrected chi connectivity index (χ0v) is 16.7. The van der Waals surface area contributed by atoms with Gasteiger partial charge in [-0.05, 0) is 17.0 Å². The van der Waals surface area contributed by atoms with Crippen molar-refractivity contribution in [1.82, 2.24) is 15.5 Å². The van der Waals surface area contributed by atoms with Crippen LogP contribution in [0.3, 0.4) is 0 Å². The van der Waals surface area contributed by atoms with E-state index in [0.29, 0.717) is 12.5 Å². The van der Waals surface area contributed by atoms with Gasteiger partial charge in [0.1, 0.15) is 0 Å². The third kappa shape index (κ3) is 5.51. The van der Waals surface area contributed by atoms with E-state index in [1.165, 1.54) is 17.0 Å². The molecular weight excluding hydrogens is 378 g/mol. The van der Waals surface area contributed by atoms with E-state index in [-0.39, 0.29) is 11.7 Å². The molecule has 0 amide bonds. The van der Waals surface area contributed by atoms with Crippen molar-refractivity contribution >= 4 is 23.0 Å². The van der Waals surface area contributed by atoms with Gasteiger partial charge in [0.05, 0.1) is 24.2 Å². The van der Waals surface area contributed by atoms with Gasteiger partial charge in [-0.15, -0.1) is 11.3 Å². The summed E-state index contributed by atoms with van der Waals surface area (Å²) in [5.41, 5.74) is 1.05. The van der Waals surface area contributed by atoms with E-state index >= 15 is 0 Å². The van der Waals surface area contributed by atoms with Crippen LogP contribution in [0.2, 0.25) is 0 Å². The molecule has 9 heteroatoms. The number of nitrogens with zero attached hydrogens (tertiary/aromatic N) is 3. The Morgan fingerprint density at radius 3 is 2.64 bits per heavy atom. The number of aliphatic imine (C=N–C) groups is 1. The highest BCUT2D eigenvalue weighted by Crippen LogP contribution is 2.25. The topological polar surface area (TPSA) is 92.0 Å². The molecule has 1 atom stereocenters. The molecule has 0 bridgehead atoms. The van der Waals surface area contributed by atoms with Gasteiger partial charge in [-0.3, -0.25) is 20.0 Å². The van der Waals surface area contributed by atoms with Gasteiger partial charge in [0.2, 0.25) is 0 Å². The molecule has 1 aliphatic rings. The summed E-state index contributed by atoms with van der Waals surface area (Å²) in [6.07, 6.45) is 0. The molecule has 1 unspecified atom stereocenters. The van der Waals surface area contributed by atoms with Crippen LogP contribution in [0.25, 0.3) is 0 Å². The van der Waals surface area contributed by atoms with E-state index in [4.69, 9.17) is 4.74 Å². The lowest BCUT2D eigenvalue weighted by Gasteiger charge is -2.34. The Kier molecular flexibility index (Phi) is 7.35. The summed E-state index contributed by atoms with van der Waals surface area (Å²) in [5, 5.41) is 19.5. The van der Waals surface area contributed by atoms with Gasteiger partial charge in [0.25, 0.3) is 5.69 Å². The monoisotopic (exact) mass is 403 g/mol. The maximum Gasteiger partial charge on any atom is 0.269 e. The van der Waals surface area contributed by atoms with Crippen molar-refractivity contribution in [3.8, 4) is 0 Å². The molecule has 2 N–H and O–H groups in total. The Balaban J connectivity index is 1.56. The first-order valence-electron chi connectivity index (χ1n) is 9.20. The second-order valence-corrected chi connectivity index (χ2v) is 7.39. The van der Waals surface area contributed by atoms with E-state index in [9.17, 15) is 10.1 Å². The highest BCUT2D eigenvalue weighted by atomic mass is 32.1. The predicted molar refractivity (Wildman–Crippen MR) is 111 cm³/mol. The second-order valence-electron chi connectivity index (χ2n) is 6.41. The standard InChI is InChI=1S/C19H25N5O3S/c1-20-19(21-13-15-4-6-16(7-5-15)24(25)26)22-14-17(18-3-2-12-28-18)23-8-10-27-11-9-23/h2-7,12,17H,8-11,13-14H2,1H3,(H2,20,21,22). The fraction of sp³-hybridized carbons (Fsp3) is 0.421. The van der Waals surface area contributed by atoms with Crippen LogP contribution in [-0.2, 0) is 11.3 Å². The van der Waals surface area contributed by atoms with Crippen LogP contribution in [0.4, 0.5) is 5.69 Å². The molecule has 2 aromatic rings. The van der Waals surface area contributed by atoms with Crippen LogP contribution in [0, 0.1) is 10.1 Å². The minimum absolute atomic E-state index is 0.0931. The van der Waals surface area contributed by atoms with E-state index in [1.54, 1.807) is 30.5 Å². The first-order valence-corrected chi connectivity index (χ1v) is 10.1. The van der Waals surface area contributed by atoms with E-state index in [0.717, 1.165) is 38.4 Å². The van der Waals surface area contributed by atoms with Gasteiger partial charge in [-0.25, -0.2) is 0 Å². The molecule has 2 heterocycles. The quantitative estimate of drug-likeness (QED) is 0.319. The fourth-order valence-corrected chi connectivity index (χ4v) is 3.98. The zero-order valence-electron chi connectivity index (χ0n) is 15.8. The van der Waals surface area contributed by atoms with Crippen molar-refractivity contribution in [2.45, 2.75) is 12.6 Å². The molecule has 1 fully saturated rings. The molecule has 1 saturated heterocycles. The van der Waals surface area contributed by atoms with Crippen molar-refractivity contribution in [3.63, 3.8) is 0 Å². The Morgan fingerprint density at radius 2 is 2.04 bits per heavy atom. The molecule has 0 aliphatic carbocycles. The van der Waals surface area contributed by atoms with Crippen molar-refractivity contribution in [2.75, 3.05) is 39.9 Å². The van der Waals surface area contributed by atoms with E-state index in [1.807, 2.05) is 0 Å². The maximum atomic E-state index is 10.8. The number of nitro benzene ring substituents is 1. The largest absolute Gasteiger partial charge is 0.379 e. The predicted octanol–water partition coefficient (Wildman–Crippen LogP) is 2.39. The Hall–Kier alpha value is -2.49. The van der Waals surface area contributed by atoms with Crippen LogP contribution in [-0.4, -0.2) is 55.7 Å². The molecule has 150 valence electrons. The minimum Gasteiger partial charge on any atom is -0.379 e. The highest BCUT2D eigenvalue weighted by molar-refractivity contribution is 7.10. The molecular formula is C19H25N5O3S. The van der Waals surface area contributed by atoms with Crippen LogP contribution in [0.5, 0.6) is 0 Å². The van der Waals surface area contributed by atoms with Crippen LogP contribution < -0.4 is 10.6 Å². The number of ether oxygens (including phenoxy) is 1. The molecule has 0 spiro atoms. The number of morpholine rings is 1. The summed E-state index contributed by atoms with van der Waals surface area (Å²) < 4.78 is 5.49. The normalized spacial score (nSPS) is 16.5. The zero-order chi connectivity index (χ0) is 19.8. The Morgan fingerprint density at radius 1 is 1.29 bits per heavy atom. The van der Waals surface area contributed by atoms with Gasteiger partial charge in [-0.2, -0.15) is 0 Å². The number of benzene rings is 1. The van der Waals surface area contributed by atoms with Crippen LogP contribution >= 0.6 is 11.3 Å². The van der Waals surface area contributed by atoms with Gasteiger partial charge < -0.3 is 15.4 Å². The van der Waals surface area contributed by atoms with Crippen LogP contribution in [0.1, 0.15) is 16.5 Å². The number of rotatable bonds is 7. The molecule has 1 aromatic carbocycles. The first kappa shape index (κ1) is 20.2. The molecule has 1 aliphatic heterocycles. The third-order valence-corrected chi connectivity index (χ3v) is 5.63. The fourth-order valence-electron chi connectivity index (χ4n) is 3.11. The lowest BCUT2D eigenvalue weighted by Crippen LogP contribution is -2.46. The highest BCUT2D eigenvalue weighted by Gasteiger charge is 2.23. The molecule has 8 nitrogen and oxygen atoms in total. The molecule has 0 saturated carbocycles. The van der Waals surface area contributed by atoms with Gasteiger partial charge in [0.15, 0.2) is 5.96 Å². The summed E-state index contributed by atoms with van der Waals surface area (Å²) in [4.78, 5) is 18.4. The van der Waals surface area contributed by atoms with E-state index in [2.05, 4.69) is 38.0 Å². The maximum absolute atomic E-state index is 10.8. The molecule has 28 heavy (non-hydrogen) atoms. The second kappa shape index (κ2) is 10.2. The van der Waals surface area contributed by atoms with Crippen molar-refractivity contribution in [3.05, 3.63) is 62.3 Å². The lowest BCUT2D eigenvalue weighted by molar-refractivity contribution is -0.384. The minimum atomic E-state index is -0.395. The summed E-state index contributed by atoms with van der Waals surface area (Å²) in [5.74, 6) is 0.702. The summed E-state index contributed by atoms with van der Waals surface area (Å²) in [6, 6.07) is 11.0. The number of non-ortho nitro benzene ring substituents is 1. The number of nitrogens with one attached hydrogen (secondary N) is 2. The van der Waals surface area contributed by atoms with Crippen molar-refractivity contribution in [2.24, 2.45) is 4.99 Å². The van der Waals surface area contributed by atoms with Gasteiger partial charge in [0, 0.05) is 50.2 Å². The third-order valence-electron chi connectivity index (χ3n) is 4.65. The average molecular weight is 404 g/mol. The van der Waals surface area contributed by atoms with Gasteiger partial charge in [-0.1, -0.05) is 18.2 Å². The summed E-state index contributed by atoms with van der Waals surface area (Å²) in [6.45, 7) is 4.63. The van der Waals surface area contributed by atoms with Crippen molar-refractivity contribution in [1.29, 1.82) is 0 Å². The lowest BCUT2D eigenvalue weighted by atomic mass is 10.2.